The van der Waals surface area contributed by atoms with Gasteiger partial charge in [-0.25, -0.2) is 0 Å². The molecule has 0 atom stereocenters. The summed E-state index contributed by atoms with van der Waals surface area (Å²) in [5, 5.41) is 5.39. The molecule has 0 radical (unpaired) electrons. The fraction of sp³-hybridized carbons (Fsp3) is 0.579. The molecule has 2 nitrogen and oxygen atoms in total. The van der Waals surface area contributed by atoms with Gasteiger partial charge < -0.3 is 10.3 Å². The van der Waals surface area contributed by atoms with E-state index >= 15 is 0 Å². The highest BCUT2D eigenvalue weighted by Gasteiger charge is 2.50. The van der Waals surface area contributed by atoms with Gasteiger partial charge in [0.1, 0.15) is 0 Å². The van der Waals surface area contributed by atoms with Gasteiger partial charge in [0.15, 0.2) is 0 Å². The molecule has 3 heteroatoms. The van der Waals surface area contributed by atoms with Crippen LogP contribution in [0.25, 0.3) is 10.9 Å². The van der Waals surface area contributed by atoms with E-state index in [0.717, 1.165) is 24.3 Å². The summed E-state index contributed by atoms with van der Waals surface area (Å²) in [5.41, 5.74) is 3.16. The molecule has 0 amide bonds. The first-order chi connectivity index (χ1) is 10.3. The van der Waals surface area contributed by atoms with Gasteiger partial charge in [-0.15, -0.1) is 12.4 Å². The van der Waals surface area contributed by atoms with Gasteiger partial charge in [-0.2, -0.15) is 0 Å². The number of nitrogens with one attached hydrogen (secondary N) is 2. The van der Waals surface area contributed by atoms with Gasteiger partial charge in [0.2, 0.25) is 0 Å². The van der Waals surface area contributed by atoms with Crippen molar-refractivity contribution >= 4 is 23.3 Å². The quantitative estimate of drug-likeness (QED) is 0.847. The highest BCUT2D eigenvalue weighted by Crippen LogP contribution is 2.55. The Morgan fingerprint density at radius 3 is 2.32 bits per heavy atom. The van der Waals surface area contributed by atoms with Crippen LogP contribution in [0, 0.1) is 17.8 Å². The lowest BCUT2D eigenvalue weighted by Crippen LogP contribution is -2.58. The second-order valence-electron chi connectivity index (χ2n) is 7.91. The van der Waals surface area contributed by atoms with Gasteiger partial charge in [0.25, 0.3) is 0 Å². The van der Waals surface area contributed by atoms with E-state index in [0.29, 0.717) is 5.54 Å². The zero-order valence-electron chi connectivity index (χ0n) is 13.0. The van der Waals surface area contributed by atoms with Gasteiger partial charge in [-0.3, -0.25) is 0 Å². The second kappa shape index (κ2) is 5.28. The highest BCUT2D eigenvalue weighted by atomic mass is 35.5. The Morgan fingerprint density at radius 1 is 1.00 bits per heavy atom. The van der Waals surface area contributed by atoms with Crippen LogP contribution in [0.15, 0.2) is 30.5 Å². The summed E-state index contributed by atoms with van der Waals surface area (Å²) in [7, 11) is 0. The van der Waals surface area contributed by atoms with Gasteiger partial charge in [-0.05, 0) is 67.9 Å². The van der Waals surface area contributed by atoms with Crippen LogP contribution < -0.4 is 5.32 Å². The van der Waals surface area contributed by atoms with Crippen LogP contribution in [0.5, 0.6) is 0 Å². The summed E-state index contributed by atoms with van der Waals surface area (Å²) in [6, 6.07) is 8.66. The van der Waals surface area contributed by atoms with Crippen molar-refractivity contribution < 1.29 is 0 Å². The number of aromatic amines is 1. The number of para-hydroxylation sites is 1. The molecule has 1 aromatic heterocycles. The number of H-pyrrole nitrogens is 1. The third-order valence-corrected chi connectivity index (χ3v) is 6.37. The Labute approximate surface area is 138 Å². The SMILES string of the molecule is Cl.c1ccc2c(CNC34CC5CC(CC(C5)C3)C4)c[nH]c2c1. The summed E-state index contributed by atoms with van der Waals surface area (Å²) >= 11 is 0. The Balaban J connectivity index is 0.00000125. The van der Waals surface area contributed by atoms with Crippen molar-refractivity contribution in [2.75, 3.05) is 0 Å². The molecule has 0 spiro atoms. The smallest absolute Gasteiger partial charge is 0.0457 e. The average Bonchev–Trinajstić information content (AvgIpc) is 2.87. The maximum Gasteiger partial charge on any atom is 0.0457 e. The van der Waals surface area contributed by atoms with Crippen molar-refractivity contribution in [3.8, 4) is 0 Å². The number of fused-ring (bicyclic) bond motifs is 1. The minimum absolute atomic E-state index is 0. The topological polar surface area (TPSA) is 27.8 Å². The molecule has 4 aliphatic carbocycles. The fourth-order valence-corrected chi connectivity index (χ4v) is 5.89. The minimum Gasteiger partial charge on any atom is -0.361 e. The third-order valence-electron chi connectivity index (χ3n) is 6.37. The van der Waals surface area contributed by atoms with Gasteiger partial charge in [0.05, 0.1) is 0 Å². The van der Waals surface area contributed by atoms with Crippen LogP contribution in [0.2, 0.25) is 0 Å². The summed E-state index contributed by atoms with van der Waals surface area (Å²) in [6.07, 6.45) is 11.1. The van der Waals surface area contributed by atoms with Gasteiger partial charge in [-0.1, -0.05) is 18.2 Å². The molecule has 2 aromatic rings. The van der Waals surface area contributed by atoms with Crippen molar-refractivity contribution in [1.29, 1.82) is 0 Å². The molecule has 2 N–H and O–H groups in total. The monoisotopic (exact) mass is 316 g/mol. The number of hydrogen-bond acceptors (Lipinski definition) is 1. The first-order valence-corrected chi connectivity index (χ1v) is 8.60. The maximum atomic E-state index is 4.00. The van der Waals surface area contributed by atoms with E-state index in [1.807, 2.05) is 0 Å². The molecule has 22 heavy (non-hydrogen) atoms. The molecule has 118 valence electrons. The van der Waals surface area contributed by atoms with Gasteiger partial charge in [0, 0.05) is 29.2 Å². The van der Waals surface area contributed by atoms with E-state index in [9.17, 15) is 0 Å². The fourth-order valence-electron chi connectivity index (χ4n) is 5.89. The zero-order valence-corrected chi connectivity index (χ0v) is 13.8. The first kappa shape index (κ1) is 14.6. The van der Waals surface area contributed by atoms with Crippen molar-refractivity contribution in [1.82, 2.24) is 10.3 Å². The van der Waals surface area contributed by atoms with Crippen LogP contribution in [0.1, 0.15) is 44.1 Å². The second-order valence-corrected chi connectivity index (χ2v) is 7.91. The lowest BCUT2D eigenvalue weighted by molar-refractivity contribution is -0.0205. The Kier molecular flexibility index (Phi) is 3.50. The van der Waals surface area contributed by atoms with Crippen molar-refractivity contribution in [2.45, 2.75) is 50.6 Å². The Hall–Kier alpha value is -0.990. The van der Waals surface area contributed by atoms with Crippen molar-refractivity contribution in [3.63, 3.8) is 0 Å². The molecule has 1 aromatic carbocycles. The molecular formula is C19H25ClN2. The molecule has 4 saturated carbocycles. The van der Waals surface area contributed by atoms with Crippen LogP contribution in [-0.4, -0.2) is 10.5 Å². The summed E-state index contributed by atoms with van der Waals surface area (Å²) in [5.74, 6) is 3.06. The molecule has 1 heterocycles. The lowest BCUT2D eigenvalue weighted by atomic mass is 9.53. The molecule has 0 unspecified atom stereocenters. The van der Waals surface area contributed by atoms with Crippen LogP contribution in [0.3, 0.4) is 0 Å². The number of benzene rings is 1. The van der Waals surface area contributed by atoms with Crippen molar-refractivity contribution in [2.24, 2.45) is 17.8 Å². The Bertz CT molecular complexity index is 640. The van der Waals surface area contributed by atoms with E-state index in [2.05, 4.69) is 40.8 Å². The predicted molar refractivity (Wildman–Crippen MR) is 93.3 cm³/mol. The molecule has 4 fully saturated rings. The largest absolute Gasteiger partial charge is 0.361 e. The predicted octanol–water partition coefficient (Wildman–Crippen LogP) is 4.65. The molecule has 0 aliphatic heterocycles. The van der Waals surface area contributed by atoms with Crippen LogP contribution >= 0.6 is 12.4 Å². The lowest BCUT2D eigenvalue weighted by Gasteiger charge is -2.57. The van der Waals surface area contributed by atoms with Gasteiger partial charge >= 0.3 is 0 Å². The van der Waals surface area contributed by atoms with E-state index in [-0.39, 0.29) is 12.4 Å². The standard InChI is InChI=1S/C19H24N2.ClH/c1-2-4-18-17(3-1)16(11-20-18)12-21-19-8-13-5-14(9-19)7-15(6-13)10-19;/h1-4,11,13-15,20-21H,5-10,12H2;1H. The van der Waals surface area contributed by atoms with E-state index in [1.54, 1.807) is 0 Å². The summed E-state index contributed by atoms with van der Waals surface area (Å²) in [4.78, 5) is 3.41. The van der Waals surface area contributed by atoms with E-state index < -0.39 is 0 Å². The minimum atomic E-state index is 0. The van der Waals surface area contributed by atoms with E-state index in [1.165, 1.54) is 55.0 Å². The van der Waals surface area contributed by atoms with Crippen LogP contribution in [0.4, 0.5) is 0 Å². The van der Waals surface area contributed by atoms with Crippen molar-refractivity contribution in [3.05, 3.63) is 36.0 Å². The summed E-state index contributed by atoms with van der Waals surface area (Å²) in [6.45, 7) is 1.02. The average molecular weight is 317 g/mol. The number of hydrogen-bond donors (Lipinski definition) is 2. The number of rotatable bonds is 3. The molecular weight excluding hydrogens is 292 g/mol. The first-order valence-electron chi connectivity index (χ1n) is 8.60. The van der Waals surface area contributed by atoms with E-state index in [4.69, 9.17) is 0 Å². The molecule has 6 rings (SSSR count). The molecule has 4 aliphatic rings. The van der Waals surface area contributed by atoms with Crippen LogP contribution in [-0.2, 0) is 6.54 Å². The molecule has 4 bridgehead atoms. The third kappa shape index (κ3) is 2.28. The highest BCUT2D eigenvalue weighted by molar-refractivity contribution is 5.85. The number of halogens is 1. The number of aromatic nitrogens is 1. The molecule has 0 saturated heterocycles. The normalized spacial score (nSPS) is 35.7. The summed E-state index contributed by atoms with van der Waals surface area (Å²) < 4.78 is 0. The Morgan fingerprint density at radius 2 is 1.64 bits per heavy atom. The maximum absolute atomic E-state index is 4.00. The zero-order chi connectivity index (χ0) is 13.9.